The Morgan fingerprint density at radius 1 is 1.30 bits per heavy atom. The number of likely N-dealkylation sites (N-methyl/N-ethyl adjacent to an activating group) is 1. The normalized spacial score (nSPS) is 22.8. The minimum Gasteiger partial charge on any atom is -0.363 e. The Kier molecular flexibility index (Phi) is 5.13. The van der Waals surface area contributed by atoms with Crippen molar-refractivity contribution in [3.63, 3.8) is 0 Å². The first-order valence-corrected chi connectivity index (χ1v) is 9.38. The summed E-state index contributed by atoms with van der Waals surface area (Å²) in [5.41, 5.74) is 0.174. The van der Waals surface area contributed by atoms with Crippen LogP contribution < -0.4 is 0 Å². The average molecular weight is 340 g/mol. The third-order valence-electron chi connectivity index (χ3n) is 3.97. The van der Waals surface area contributed by atoms with Gasteiger partial charge in [0.2, 0.25) is 0 Å². The summed E-state index contributed by atoms with van der Waals surface area (Å²) in [6.45, 7) is 4.22. The number of hydrogen-bond acceptors (Lipinski definition) is 5. The van der Waals surface area contributed by atoms with Crippen LogP contribution in [-0.4, -0.2) is 69.8 Å². The molecule has 128 valence electrons. The van der Waals surface area contributed by atoms with E-state index in [0.29, 0.717) is 24.6 Å². The van der Waals surface area contributed by atoms with Crippen molar-refractivity contribution in [1.29, 1.82) is 0 Å². The summed E-state index contributed by atoms with van der Waals surface area (Å²) in [5, 5.41) is 0. The van der Waals surface area contributed by atoms with Crippen LogP contribution in [0.25, 0.3) is 0 Å². The van der Waals surface area contributed by atoms with Crippen LogP contribution >= 0.6 is 0 Å². The van der Waals surface area contributed by atoms with Crippen molar-refractivity contribution in [2.45, 2.75) is 24.0 Å². The molecule has 1 aromatic rings. The van der Waals surface area contributed by atoms with Crippen molar-refractivity contribution in [1.82, 2.24) is 9.80 Å². The van der Waals surface area contributed by atoms with Gasteiger partial charge in [-0.25, -0.2) is 8.42 Å². The molecule has 1 atom stereocenters. The average Bonchev–Trinajstić information content (AvgIpc) is 2.46. The smallest absolute Gasteiger partial charge is 0.255 e. The number of rotatable bonds is 4. The lowest BCUT2D eigenvalue weighted by molar-refractivity contribution is -0.165. The Morgan fingerprint density at radius 2 is 1.91 bits per heavy atom. The first-order valence-electron chi connectivity index (χ1n) is 7.49. The van der Waals surface area contributed by atoms with E-state index >= 15 is 0 Å². The highest BCUT2D eigenvalue weighted by atomic mass is 32.2. The van der Waals surface area contributed by atoms with E-state index in [1.165, 1.54) is 6.26 Å². The van der Waals surface area contributed by atoms with Crippen LogP contribution in [0.1, 0.15) is 12.5 Å². The molecular formula is C16H24N2O4S. The number of benzene rings is 1. The van der Waals surface area contributed by atoms with Gasteiger partial charge in [0.15, 0.2) is 15.4 Å². The summed E-state index contributed by atoms with van der Waals surface area (Å²) in [6, 6.07) is 6.87. The van der Waals surface area contributed by atoms with Gasteiger partial charge in [0.25, 0.3) is 5.91 Å². The van der Waals surface area contributed by atoms with E-state index in [1.807, 2.05) is 19.1 Å². The van der Waals surface area contributed by atoms with Gasteiger partial charge < -0.3 is 9.64 Å². The van der Waals surface area contributed by atoms with Crippen LogP contribution in [0.5, 0.6) is 0 Å². The lowest BCUT2D eigenvalue weighted by Crippen LogP contribution is -2.57. The van der Waals surface area contributed by atoms with E-state index < -0.39 is 15.4 Å². The molecule has 7 heteroatoms. The molecule has 23 heavy (non-hydrogen) atoms. The lowest BCUT2D eigenvalue weighted by Gasteiger charge is -2.40. The fourth-order valence-corrected chi connectivity index (χ4v) is 3.42. The van der Waals surface area contributed by atoms with Gasteiger partial charge in [0.1, 0.15) is 0 Å². The number of morpholine rings is 1. The summed E-state index contributed by atoms with van der Waals surface area (Å²) in [6.07, 6.45) is 1.20. The quantitative estimate of drug-likeness (QED) is 0.810. The van der Waals surface area contributed by atoms with Gasteiger partial charge in [0, 0.05) is 40.0 Å². The van der Waals surface area contributed by atoms with Gasteiger partial charge in [-0.3, -0.25) is 9.69 Å². The van der Waals surface area contributed by atoms with Crippen molar-refractivity contribution in [3.8, 4) is 0 Å². The van der Waals surface area contributed by atoms with Gasteiger partial charge in [-0.1, -0.05) is 12.1 Å². The number of carbonyl (C=O) groups excluding carboxylic acids is 1. The second-order valence-corrected chi connectivity index (χ2v) is 8.42. The van der Waals surface area contributed by atoms with Crippen LogP contribution in [-0.2, 0) is 25.9 Å². The van der Waals surface area contributed by atoms with Crippen LogP contribution in [0.2, 0.25) is 0 Å². The Morgan fingerprint density at radius 3 is 2.43 bits per heavy atom. The SMILES string of the molecule is CN(C)C(=O)[C@]1(C)CN(Cc2ccc(S(C)(=O)=O)cc2)CCO1. The number of sulfone groups is 1. The van der Waals surface area contributed by atoms with E-state index in [2.05, 4.69) is 4.90 Å². The molecule has 1 aliphatic heterocycles. The topological polar surface area (TPSA) is 66.9 Å². The van der Waals surface area contributed by atoms with Crippen LogP contribution in [0.4, 0.5) is 0 Å². The Bertz CT molecular complexity index is 670. The third kappa shape index (κ3) is 4.31. The minimum absolute atomic E-state index is 0.0466. The molecular weight excluding hydrogens is 316 g/mol. The van der Waals surface area contributed by atoms with Gasteiger partial charge in [-0.15, -0.1) is 0 Å². The molecule has 0 N–H and O–H groups in total. The fourth-order valence-electron chi connectivity index (χ4n) is 2.79. The summed E-state index contributed by atoms with van der Waals surface area (Å²) in [4.78, 5) is 16.3. The van der Waals surface area contributed by atoms with E-state index in [1.54, 1.807) is 31.1 Å². The van der Waals surface area contributed by atoms with E-state index in [9.17, 15) is 13.2 Å². The zero-order chi connectivity index (χ0) is 17.3. The molecule has 1 aliphatic rings. The number of amides is 1. The maximum Gasteiger partial charge on any atom is 0.255 e. The van der Waals surface area contributed by atoms with E-state index in [0.717, 1.165) is 12.1 Å². The third-order valence-corrected chi connectivity index (χ3v) is 5.10. The number of hydrogen-bond donors (Lipinski definition) is 0. The largest absolute Gasteiger partial charge is 0.363 e. The zero-order valence-electron chi connectivity index (χ0n) is 14.1. The van der Waals surface area contributed by atoms with Crippen molar-refractivity contribution < 1.29 is 17.9 Å². The zero-order valence-corrected chi connectivity index (χ0v) is 14.9. The standard InChI is InChI=1S/C16H24N2O4S/c1-16(15(19)17(2)3)12-18(9-10-22-16)11-13-5-7-14(8-6-13)23(4,20)21/h5-8H,9-12H2,1-4H3/t16-/m0/s1. The summed E-state index contributed by atoms with van der Waals surface area (Å²) >= 11 is 0. The Balaban J connectivity index is 2.07. The number of carbonyl (C=O) groups is 1. The molecule has 1 amide bonds. The van der Waals surface area contributed by atoms with Gasteiger partial charge in [-0.05, 0) is 24.6 Å². The molecule has 1 fully saturated rings. The molecule has 0 bridgehead atoms. The van der Waals surface area contributed by atoms with Crippen molar-refractivity contribution in [2.24, 2.45) is 0 Å². The first kappa shape index (κ1) is 17.9. The molecule has 0 aliphatic carbocycles. The van der Waals surface area contributed by atoms with Crippen LogP contribution in [0.15, 0.2) is 29.2 Å². The Hall–Kier alpha value is -1.44. The predicted octanol–water partition coefficient (Wildman–Crippen LogP) is 0.769. The maximum atomic E-state index is 12.3. The Labute approximate surface area is 137 Å². The molecule has 1 saturated heterocycles. The molecule has 0 unspecified atom stereocenters. The van der Waals surface area contributed by atoms with Crippen molar-refractivity contribution >= 4 is 15.7 Å². The maximum absolute atomic E-state index is 12.3. The van der Waals surface area contributed by atoms with Crippen molar-refractivity contribution in [2.75, 3.05) is 40.0 Å². The summed E-state index contributed by atoms with van der Waals surface area (Å²) in [5.74, 6) is -0.0466. The monoisotopic (exact) mass is 340 g/mol. The molecule has 0 aromatic heterocycles. The number of nitrogens with zero attached hydrogens (tertiary/aromatic N) is 2. The molecule has 0 radical (unpaired) electrons. The molecule has 0 saturated carbocycles. The molecule has 1 aromatic carbocycles. The molecule has 1 heterocycles. The van der Waals surface area contributed by atoms with Crippen LogP contribution in [0.3, 0.4) is 0 Å². The second-order valence-electron chi connectivity index (χ2n) is 6.41. The van der Waals surface area contributed by atoms with Gasteiger partial charge in [-0.2, -0.15) is 0 Å². The highest BCUT2D eigenvalue weighted by molar-refractivity contribution is 7.90. The predicted molar refractivity (Wildman–Crippen MR) is 87.9 cm³/mol. The van der Waals surface area contributed by atoms with Crippen molar-refractivity contribution in [3.05, 3.63) is 29.8 Å². The second kappa shape index (κ2) is 6.59. The van der Waals surface area contributed by atoms with Crippen LogP contribution in [0, 0.1) is 0 Å². The van der Waals surface area contributed by atoms with E-state index in [-0.39, 0.29) is 5.91 Å². The summed E-state index contributed by atoms with van der Waals surface area (Å²) in [7, 11) is 0.268. The molecule has 2 rings (SSSR count). The van der Waals surface area contributed by atoms with Gasteiger partial charge >= 0.3 is 0 Å². The van der Waals surface area contributed by atoms with Gasteiger partial charge in [0.05, 0.1) is 11.5 Å². The fraction of sp³-hybridized carbons (Fsp3) is 0.562. The highest BCUT2D eigenvalue weighted by Gasteiger charge is 2.40. The first-order chi connectivity index (χ1) is 10.6. The lowest BCUT2D eigenvalue weighted by atomic mass is 10.0. The molecule has 0 spiro atoms. The van der Waals surface area contributed by atoms with E-state index in [4.69, 9.17) is 4.74 Å². The number of ether oxygens (including phenoxy) is 1. The minimum atomic E-state index is -3.18. The summed E-state index contributed by atoms with van der Waals surface area (Å²) < 4.78 is 28.7. The molecule has 6 nitrogen and oxygen atoms in total. The highest BCUT2D eigenvalue weighted by Crippen LogP contribution is 2.21.